The van der Waals surface area contributed by atoms with Crippen molar-refractivity contribution < 1.29 is 14.3 Å². The predicted octanol–water partition coefficient (Wildman–Crippen LogP) is 2.24. The molecule has 0 aliphatic carbocycles. The minimum absolute atomic E-state index is 0.428. The molecule has 1 aliphatic rings. The molecule has 0 aromatic heterocycles. The van der Waals surface area contributed by atoms with Crippen molar-refractivity contribution in [2.45, 2.75) is 12.8 Å². The molecule has 104 valence electrons. The van der Waals surface area contributed by atoms with Gasteiger partial charge in [0.15, 0.2) is 0 Å². The summed E-state index contributed by atoms with van der Waals surface area (Å²) in [6, 6.07) is 7.27. The average molecular weight is 264 g/mol. The van der Waals surface area contributed by atoms with Gasteiger partial charge in [-0.25, -0.2) is 4.79 Å². The number of hydrogen-bond acceptors (Lipinski definition) is 4. The highest BCUT2D eigenvalue weighted by Gasteiger charge is 2.15. The molecule has 5 nitrogen and oxygen atoms in total. The second-order valence-electron chi connectivity index (χ2n) is 4.62. The van der Waals surface area contributed by atoms with Crippen LogP contribution < -0.4 is 15.4 Å². The van der Waals surface area contributed by atoms with E-state index in [-0.39, 0.29) is 0 Å². The molecule has 0 bridgehead atoms. The summed E-state index contributed by atoms with van der Waals surface area (Å²) in [4.78, 5) is 11.7. The van der Waals surface area contributed by atoms with Gasteiger partial charge in [-0.3, -0.25) is 5.32 Å². The topological polar surface area (TPSA) is 59.6 Å². The predicted molar refractivity (Wildman–Crippen MR) is 73.6 cm³/mol. The lowest BCUT2D eigenvalue weighted by molar-refractivity contribution is 0.130. The van der Waals surface area contributed by atoms with Crippen molar-refractivity contribution >= 4 is 11.8 Å². The Kier molecular flexibility index (Phi) is 5.03. The number of anilines is 1. The molecule has 1 heterocycles. The first kappa shape index (κ1) is 13.7. The van der Waals surface area contributed by atoms with Crippen molar-refractivity contribution in [1.82, 2.24) is 5.32 Å². The van der Waals surface area contributed by atoms with Crippen LogP contribution in [-0.4, -0.2) is 32.9 Å². The van der Waals surface area contributed by atoms with Crippen LogP contribution in [0.5, 0.6) is 5.75 Å². The molecule has 0 atom stereocenters. The quantitative estimate of drug-likeness (QED) is 0.875. The fourth-order valence-corrected chi connectivity index (χ4v) is 2.14. The molecular weight excluding hydrogens is 244 g/mol. The van der Waals surface area contributed by atoms with Gasteiger partial charge in [0.1, 0.15) is 5.75 Å². The Morgan fingerprint density at radius 1 is 1.37 bits per heavy atom. The lowest BCUT2D eigenvalue weighted by Crippen LogP contribution is -2.31. The smallest absolute Gasteiger partial charge is 0.411 e. The molecule has 0 saturated carbocycles. The fourth-order valence-electron chi connectivity index (χ4n) is 2.14. The van der Waals surface area contributed by atoms with Gasteiger partial charge in [-0.1, -0.05) is 12.1 Å². The number of methoxy groups -OCH3 is 1. The maximum atomic E-state index is 11.7. The lowest BCUT2D eigenvalue weighted by atomic mass is 9.99. The molecule has 2 N–H and O–H groups in total. The van der Waals surface area contributed by atoms with Crippen LogP contribution in [0.1, 0.15) is 12.8 Å². The third-order valence-electron chi connectivity index (χ3n) is 3.25. The Morgan fingerprint density at radius 3 is 2.84 bits per heavy atom. The van der Waals surface area contributed by atoms with Crippen LogP contribution >= 0.6 is 0 Å². The Morgan fingerprint density at radius 2 is 2.11 bits per heavy atom. The summed E-state index contributed by atoms with van der Waals surface area (Å²) in [6.07, 6.45) is 1.69. The Balaban J connectivity index is 1.80. The van der Waals surface area contributed by atoms with Crippen molar-refractivity contribution in [1.29, 1.82) is 0 Å². The van der Waals surface area contributed by atoms with Crippen molar-refractivity contribution in [2.24, 2.45) is 5.92 Å². The maximum Gasteiger partial charge on any atom is 0.411 e. The second-order valence-corrected chi connectivity index (χ2v) is 4.62. The first-order chi connectivity index (χ1) is 9.29. The van der Waals surface area contributed by atoms with Gasteiger partial charge in [-0.2, -0.15) is 0 Å². The van der Waals surface area contributed by atoms with Gasteiger partial charge in [0, 0.05) is 0 Å². The van der Waals surface area contributed by atoms with Gasteiger partial charge in [-0.05, 0) is 44.0 Å². The van der Waals surface area contributed by atoms with Crippen molar-refractivity contribution in [3.63, 3.8) is 0 Å². The van der Waals surface area contributed by atoms with Crippen LogP contribution in [0.3, 0.4) is 0 Å². The molecule has 1 aliphatic heterocycles. The van der Waals surface area contributed by atoms with E-state index in [1.165, 1.54) is 0 Å². The molecule has 1 amide bonds. The maximum absolute atomic E-state index is 11.7. The van der Waals surface area contributed by atoms with E-state index in [2.05, 4.69) is 10.6 Å². The number of para-hydroxylation sites is 2. The average Bonchev–Trinajstić information content (AvgIpc) is 2.47. The molecule has 5 heteroatoms. The van der Waals surface area contributed by atoms with Crippen LogP contribution in [0, 0.1) is 5.92 Å². The van der Waals surface area contributed by atoms with E-state index in [0.717, 1.165) is 25.9 Å². The lowest BCUT2D eigenvalue weighted by Gasteiger charge is -2.22. The number of piperidine rings is 1. The number of carbonyl (C=O) groups excluding carboxylic acids is 1. The molecule has 0 unspecified atom stereocenters. The largest absolute Gasteiger partial charge is 0.495 e. The standard InChI is InChI=1S/C14H20N2O3/c1-18-13-5-3-2-4-12(13)16-14(17)19-10-11-6-8-15-9-7-11/h2-5,11,15H,6-10H2,1H3,(H,16,17). The van der Waals surface area contributed by atoms with Gasteiger partial charge in [0.25, 0.3) is 0 Å². The Bertz CT molecular complexity index is 417. The molecule has 1 saturated heterocycles. The molecule has 19 heavy (non-hydrogen) atoms. The monoisotopic (exact) mass is 264 g/mol. The third kappa shape index (κ3) is 4.13. The summed E-state index contributed by atoms with van der Waals surface area (Å²) in [5, 5.41) is 5.98. The molecular formula is C14H20N2O3. The number of hydrogen-bond donors (Lipinski definition) is 2. The number of carbonyl (C=O) groups is 1. The van der Waals surface area contributed by atoms with E-state index >= 15 is 0 Å². The zero-order chi connectivity index (χ0) is 13.5. The molecule has 1 aromatic rings. The molecule has 0 spiro atoms. The molecule has 0 radical (unpaired) electrons. The van der Waals surface area contributed by atoms with Crippen LogP contribution in [0.25, 0.3) is 0 Å². The third-order valence-corrected chi connectivity index (χ3v) is 3.25. The second kappa shape index (κ2) is 6.99. The summed E-state index contributed by atoms with van der Waals surface area (Å²) < 4.78 is 10.4. The van der Waals surface area contributed by atoms with E-state index < -0.39 is 6.09 Å². The van der Waals surface area contributed by atoms with Gasteiger partial charge in [-0.15, -0.1) is 0 Å². The van der Waals surface area contributed by atoms with Crippen molar-refractivity contribution in [3.8, 4) is 5.75 Å². The van der Waals surface area contributed by atoms with Gasteiger partial charge < -0.3 is 14.8 Å². The summed E-state index contributed by atoms with van der Waals surface area (Å²) in [5.74, 6) is 1.09. The number of rotatable bonds is 4. The van der Waals surface area contributed by atoms with E-state index in [0.29, 0.717) is 24.0 Å². The summed E-state index contributed by atoms with van der Waals surface area (Å²) >= 11 is 0. The zero-order valence-electron chi connectivity index (χ0n) is 11.1. The molecule has 1 fully saturated rings. The van der Waals surface area contributed by atoms with Crippen molar-refractivity contribution in [2.75, 3.05) is 32.1 Å². The van der Waals surface area contributed by atoms with Crippen LogP contribution in [0.2, 0.25) is 0 Å². The van der Waals surface area contributed by atoms with Gasteiger partial charge in [0.05, 0.1) is 19.4 Å². The first-order valence-electron chi connectivity index (χ1n) is 6.57. The number of amides is 1. The number of benzene rings is 1. The first-order valence-corrected chi connectivity index (χ1v) is 6.57. The van der Waals surface area contributed by atoms with E-state index in [4.69, 9.17) is 9.47 Å². The zero-order valence-corrected chi connectivity index (χ0v) is 11.1. The van der Waals surface area contributed by atoms with E-state index in [9.17, 15) is 4.79 Å². The normalized spacial score (nSPS) is 15.8. The highest BCUT2D eigenvalue weighted by atomic mass is 16.5. The summed E-state index contributed by atoms with van der Waals surface area (Å²) in [5.41, 5.74) is 0.625. The summed E-state index contributed by atoms with van der Waals surface area (Å²) in [6.45, 7) is 2.48. The minimum Gasteiger partial charge on any atom is -0.495 e. The minimum atomic E-state index is -0.428. The van der Waals surface area contributed by atoms with Crippen LogP contribution in [0.4, 0.5) is 10.5 Å². The van der Waals surface area contributed by atoms with E-state index in [1.54, 1.807) is 19.2 Å². The fraction of sp³-hybridized carbons (Fsp3) is 0.500. The van der Waals surface area contributed by atoms with Crippen LogP contribution in [-0.2, 0) is 4.74 Å². The van der Waals surface area contributed by atoms with E-state index in [1.807, 2.05) is 12.1 Å². The van der Waals surface area contributed by atoms with Crippen LogP contribution in [0.15, 0.2) is 24.3 Å². The van der Waals surface area contributed by atoms with Gasteiger partial charge in [0.2, 0.25) is 0 Å². The van der Waals surface area contributed by atoms with Crippen molar-refractivity contribution in [3.05, 3.63) is 24.3 Å². The number of ether oxygens (including phenoxy) is 2. The highest BCUT2D eigenvalue weighted by molar-refractivity contribution is 5.86. The molecule has 2 rings (SSSR count). The molecule has 1 aromatic carbocycles. The summed E-state index contributed by atoms with van der Waals surface area (Å²) in [7, 11) is 1.57. The highest BCUT2D eigenvalue weighted by Crippen LogP contribution is 2.23. The Hall–Kier alpha value is -1.75. The SMILES string of the molecule is COc1ccccc1NC(=O)OCC1CCNCC1. The number of nitrogens with one attached hydrogen (secondary N) is 2. The Labute approximate surface area is 113 Å². The van der Waals surface area contributed by atoms with Gasteiger partial charge >= 0.3 is 6.09 Å².